The minimum absolute atomic E-state index is 0.218. The molecule has 0 radical (unpaired) electrons. The lowest BCUT2D eigenvalue weighted by atomic mass is 10.2. The number of anilines is 2. The van der Waals surface area contributed by atoms with Crippen LogP contribution >= 0.6 is 11.6 Å². The molecule has 1 aromatic carbocycles. The van der Waals surface area contributed by atoms with Gasteiger partial charge in [0.15, 0.2) is 0 Å². The van der Waals surface area contributed by atoms with Crippen LogP contribution in [0.3, 0.4) is 0 Å². The normalized spacial score (nSPS) is 10.2. The van der Waals surface area contributed by atoms with Crippen molar-refractivity contribution in [2.24, 2.45) is 0 Å². The number of hydrogen-bond donors (Lipinski definition) is 1. The Kier molecular flexibility index (Phi) is 3.06. The highest BCUT2D eigenvalue weighted by atomic mass is 35.5. The molecule has 2 nitrogen and oxygen atoms in total. The summed E-state index contributed by atoms with van der Waals surface area (Å²) < 4.78 is 13.0. The van der Waals surface area contributed by atoms with Gasteiger partial charge < -0.3 is 5.32 Å². The number of hydrogen-bond acceptors (Lipinski definition) is 2. The first-order chi connectivity index (χ1) is 7.65. The van der Waals surface area contributed by atoms with Gasteiger partial charge in [-0.15, -0.1) is 0 Å². The molecule has 1 N–H and O–H groups in total. The first kappa shape index (κ1) is 10.9. The fourth-order valence-corrected chi connectivity index (χ4v) is 1.51. The SMILES string of the molecule is Cc1cc(Nc2cccc(Cl)n2)ccc1F. The Hall–Kier alpha value is -1.61. The van der Waals surface area contributed by atoms with E-state index < -0.39 is 0 Å². The average molecular weight is 237 g/mol. The number of rotatable bonds is 2. The summed E-state index contributed by atoms with van der Waals surface area (Å²) in [7, 11) is 0. The zero-order chi connectivity index (χ0) is 11.5. The van der Waals surface area contributed by atoms with Crippen molar-refractivity contribution in [2.45, 2.75) is 6.92 Å². The van der Waals surface area contributed by atoms with Gasteiger partial charge in [-0.2, -0.15) is 0 Å². The van der Waals surface area contributed by atoms with E-state index in [1.54, 1.807) is 37.3 Å². The van der Waals surface area contributed by atoms with Gasteiger partial charge in [-0.05, 0) is 42.8 Å². The van der Waals surface area contributed by atoms with Crippen LogP contribution in [0.25, 0.3) is 0 Å². The minimum atomic E-state index is -0.218. The fourth-order valence-electron chi connectivity index (χ4n) is 1.35. The lowest BCUT2D eigenvalue weighted by molar-refractivity contribution is 0.619. The molecule has 16 heavy (non-hydrogen) atoms. The molecule has 0 fully saturated rings. The van der Waals surface area contributed by atoms with E-state index in [2.05, 4.69) is 10.3 Å². The summed E-state index contributed by atoms with van der Waals surface area (Å²) in [5, 5.41) is 3.47. The van der Waals surface area contributed by atoms with Crippen molar-refractivity contribution in [3.8, 4) is 0 Å². The first-order valence-corrected chi connectivity index (χ1v) is 5.19. The predicted molar refractivity (Wildman–Crippen MR) is 63.7 cm³/mol. The molecule has 0 aliphatic heterocycles. The molecule has 1 heterocycles. The van der Waals surface area contributed by atoms with Gasteiger partial charge >= 0.3 is 0 Å². The molecule has 0 atom stereocenters. The number of pyridine rings is 1. The highest BCUT2D eigenvalue weighted by molar-refractivity contribution is 6.29. The van der Waals surface area contributed by atoms with Crippen molar-refractivity contribution in [2.75, 3.05) is 5.32 Å². The van der Waals surface area contributed by atoms with Gasteiger partial charge in [0, 0.05) is 5.69 Å². The van der Waals surface area contributed by atoms with Crippen LogP contribution in [0.2, 0.25) is 5.15 Å². The van der Waals surface area contributed by atoms with Crippen LogP contribution < -0.4 is 5.32 Å². The zero-order valence-electron chi connectivity index (χ0n) is 8.67. The third-order valence-electron chi connectivity index (χ3n) is 2.15. The summed E-state index contributed by atoms with van der Waals surface area (Å²) in [6.45, 7) is 1.71. The Morgan fingerprint density at radius 3 is 2.75 bits per heavy atom. The van der Waals surface area contributed by atoms with E-state index in [0.29, 0.717) is 16.5 Å². The van der Waals surface area contributed by atoms with E-state index in [4.69, 9.17) is 11.6 Å². The Balaban J connectivity index is 2.24. The standard InChI is InChI=1S/C12H10ClFN2/c1-8-7-9(5-6-10(8)14)15-12-4-2-3-11(13)16-12/h2-7H,1H3,(H,15,16). The molecule has 4 heteroatoms. The Morgan fingerprint density at radius 1 is 1.25 bits per heavy atom. The molecule has 82 valence electrons. The van der Waals surface area contributed by atoms with Crippen molar-refractivity contribution < 1.29 is 4.39 Å². The molecule has 0 bridgehead atoms. The van der Waals surface area contributed by atoms with Crippen molar-refractivity contribution in [1.82, 2.24) is 4.98 Å². The minimum Gasteiger partial charge on any atom is -0.340 e. The second kappa shape index (κ2) is 4.49. The lowest BCUT2D eigenvalue weighted by Gasteiger charge is -2.06. The molecule has 0 aliphatic carbocycles. The maximum absolute atomic E-state index is 13.0. The van der Waals surface area contributed by atoms with Gasteiger partial charge in [0.25, 0.3) is 0 Å². The molecule has 1 aromatic heterocycles. The molecular formula is C12H10ClFN2. The van der Waals surface area contributed by atoms with Crippen LogP contribution in [-0.4, -0.2) is 4.98 Å². The van der Waals surface area contributed by atoms with Gasteiger partial charge in [0.2, 0.25) is 0 Å². The highest BCUT2D eigenvalue weighted by Gasteiger charge is 2.00. The largest absolute Gasteiger partial charge is 0.340 e. The number of aryl methyl sites for hydroxylation is 1. The van der Waals surface area contributed by atoms with E-state index in [1.165, 1.54) is 6.07 Å². The summed E-state index contributed by atoms with van der Waals surface area (Å²) in [6.07, 6.45) is 0. The second-order valence-electron chi connectivity index (χ2n) is 3.43. The first-order valence-electron chi connectivity index (χ1n) is 4.81. The Morgan fingerprint density at radius 2 is 2.06 bits per heavy atom. The molecule has 0 amide bonds. The van der Waals surface area contributed by atoms with Gasteiger partial charge in [0.1, 0.15) is 16.8 Å². The topological polar surface area (TPSA) is 24.9 Å². The van der Waals surface area contributed by atoms with Gasteiger partial charge in [-0.3, -0.25) is 0 Å². The monoisotopic (exact) mass is 236 g/mol. The molecule has 0 saturated carbocycles. The third-order valence-corrected chi connectivity index (χ3v) is 2.36. The summed E-state index contributed by atoms with van der Waals surface area (Å²) in [5.74, 6) is 0.420. The number of nitrogens with one attached hydrogen (secondary N) is 1. The van der Waals surface area contributed by atoms with Gasteiger partial charge in [0.05, 0.1) is 0 Å². The van der Waals surface area contributed by atoms with E-state index in [-0.39, 0.29) is 5.82 Å². The van der Waals surface area contributed by atoms with Crippen LogP contribution in [0.5, 0.6) is 0 Å². The predicted octanol–water partition coefficient (Wildman–Crippen LogP) is 3.93. The molecule has 0 spiro atoms. The molecule has 0 aliphatic rings. The zero-order valence-corrected chi connectivity index (χ0v) is 9.42. The van der Waals surface area contributed by atoms with Crippen LogP contribution in [0.1, 0.15) is 5.56 Å². The number of halogens is 2. The molecule has 2 rings (SSSR count). The summed E-state index contributed by atoms with van der Waals surface area (Å²) in [6, 6.07) is 10.1. The van der Waals surface area contributed by atoms with E-state index in [0.717, 1.165) is 5.69 Å². The van der Waals surface area contributed by atoms with Crippen LogP contribution in [0.15, 0.2) is 36.4 Å². The molecule has 0 saturated heterocycles. The van der Waals surface area contributed by atoms with Gasteiger partial charge in [-0.25, -0.2) is 9.37 Å². The van der Waals surface area contributed by atoms with Crippen LogP contribution in [0.4, 0.5) is 15.9 Å². The van der Waals surface area contributed by atoms with Gasteiger partial charge in [-0.1, -0.05) is 17.7 Å². The summed E-state index contributed by atoms with van der Waals surface area (Å²) in [4.78, 5) is 4.08. The average Bonchev–Trinajstić information content (AvgIpc) is 2.24. The summed E-state index contributed by atoms with van der Waals surface area (Å²) >= 11 is 5.76. The van der Waals surface area contributed by atoms with E-state index in [1.807, 2.05) is 0 Å². The number of nitrogens with zero attached hydrogens (tertiary/aromatic N) is 1. The molecular weight excluding hydrogens is 227 g/mol. The van der Waals surface area contributed by atoms with E-state index in [9.17, 15) is 4.39 Å². The van der Waals surface area contributed by atoms with Crippen LogP contribution in [0, 0.1) is 12.7 Å². The highest BCUT2D eigenvalue weighted by Crippen LogP contribution is 2.18. The van der Waals surface area contributed by atoms with E-state index >= 15 is 0 Å². The molecule has 2 aromatic rings. The third kappa shape index (κ3) is 2.49. The summed E-state index contributed by atoms with van der Waals surface area (Å²) in [5.41, 5.74) is 1.38. The Bertz CT molecular complexity index is 514. The maximum Gasteiger partial charge on any atom is 0.132 e. The van der Waals surface area contributed by atoms with Crippen molar-refractivity contribution >= 4 is 23.1 Å². The van der Waals surface area contributed by atoms with Crippen molar-refractivity contribution in [1.29, 1.82) is 0 Å². The quantitative estimate of drug-likeness (QED) is 0.800. The maximum atomic E-state index is 13.0. The second-order valence-corrected chi connectivity index (χ2v) is 3.82. The Labute approximate surface area is 98.1 Å². The lowest BCUT2D eigenvalue weighted by Crippen LogP contribution is -1.94. The number of aromatic nitrogens is 1. The molecule has 0 unspecified atom stereocenters. The van der Waals surface area contributed by atoms with Crippen LogP contribution in [-0.2, 0) is 0 Å². The smallest absolute Gasteiger partial charge is 0.132 e. The number of benzene rings is 1. The van der Waals surface area contributed by atoms with Crippen molar-refractivity contribution in [3.63, 3.8) is 0 Å². The van der Waals surface area contributed by atoms with Crippen molar-refractivity contribution in [3.05, 3.63) is 52.9 Å². The fraction of sp³-hybridized carbons (Fsp3) is 0.0833.